The van der Waals surface area contributed by atoms with Gasteiger partial charge < -0.3 is 4.74 Å². The van der Waals surface area contributed by atoms with Gasteiger partial charge >= 0.3 is 0 Å². The first-order valence-electron chi connectivity index (χ1n) is 6.44. The van der Waals surface area contributed by atoms with Crippen LogP contribution in [0.1, 0.15) is 45.6 Å². The van der Waals surface area contributed by atoms with Gasteiger partial charge in [-0.05, 0) is 48.1 Å². The quantitative estimate of drug-likeness (QED) is 0.758. The number of rotatable bonds is 2. The third-order valence-electron chi connectivity index (χ3n) is 3.13. The molecule has 0 aliphatic carbocycles. The van der Waals surface area contributed by atoms with Crippen molar-refractivity contribution in [2.75, 3.05) is 5.75 Å². The van der Waals surface area contributed by atoms with Crippen molar-refractivity contribution in [3.05, 3.63) is 29.8 Å². The zero-order chi connectivity index (χ0) is 12.3. The van der Waals surface area contributed by atoms with Crippen molar-refractivity contribution in [1.82, 2.24) is 0 Å². The van der Waals surface area contributed by atoms with Gasteiger partial charge in [0.2, 0.25) is 0 Å². The molecular formula is C15H22OS. The molecule has 0 saturated carbocycles. The molecule has 0 bridgehead atoms. The van der Waals surface area contributed by atoms with Crippen LogP contribution >= 0.6 is 11.8 Å². The Morgan fingerprint density at radius 1 is 1.12 bits per heavy atom. The normalized spacial score (nSPS) is 21.2. The van der Waals surface area contributed by atoms with Crippen molar-refractivity contribution in [2.24, 2.45) is 0 Å². The second-order valence-corrected chi connectivity index (χ2v) is 6.96. The third-order valence-corrected chi connectivity index (χ3v) is 4.35. The van der Waals surface area contributed by atoms with Gasteiger partial charge in [-0.1, -0.05) is 32.9 Å². The van der Waals surface area contributed by atoms with Gasteiger partial charge in [0.1, 0.15) is 11.2 Å². The molecule has 1 nitrogen and oxygen atoms in total. The molecule has 1 atom stereocenters. The standard InChI is InChI=1S/C15H22OS/c1-15(2,3)12-7-9-13(10-8-12)16-14-6-4-5-11-17-14/h7-10,14H,4-6,11H2,1-3H3. The lowest BCUT2D eigenvalue weighted by Crippen LogP contribution is -2.17. The molecule has 2 heteroatoms. The van der Waals surface area contributed by atoms with Crippen LogP contribution in [0.15, 0.2) is 24.3 Å². The van der Waals surface area contributed by atoms with E-state index >= 15 is 0 Å². The summed E-state index contributed by atoms with van der Waals surface area (Å²) in [6.45, 7) is 6.71. The third kappa shape index (κ3) is 3.67. The predicted molar refractivity (Wildman–Crippen MR) is 75.9 cm³/mol. The highest BCUT2D eigenvalue weighted by Crippen LogP contribution is 2.29. The number of hydrogen-bond donors (Lipinski definition) is 0. The average molecular weight is 250 g/mol. The molecule has 1 heterocycles. The van der Waals surface area contributed by atoms with Crippen LogP contribution in [0.25, 0.3) is 0 Å². The van der Waals surface area contributed by atoms with Gasteiger partial charge in [0.25, 0.3) is 0 Å². The van der Waals surface area contributed by atoms with E-state index in [0.29, 0.717) is 5.44 Å². The molecule has 0 radical (unpaired) electrons. The predicted octanol–water partition coefficient (Wildman–Crippen LogP) is 4.61. The van der Waals surface area contributed by atoms with E-state index < -0.39 is 0 Å². The average Bonchev–Trinajstić information content (AvgIpc) is 2.30. The van der Waals surface area contributed by atoms with Crippen molar-refractivity contribution in [2.45, 2.75) is 50.9 Å². The minimum absolute atomic E-state index is 0.220. The molecular weight excluding hydrogens is 228 g/mol. The van der Waals surface area contributed by atoms with Gasteiger partial charge in [0, 0.05) is 0 Å². The lowest BCUT2D eigenvalue weighted by atomic mass is 9.87. The Balaban J connectivity index is 1.98. The molecule has 94 valence electrons. The van der Waals surface area contributed by atoms with E-state index in [1.165, 1.54) is 30.6 Å². The minimum atomic E-state index is 0.220. The zero-order valence-corrected chi connectivity index (χ0v) is 11.8. The van der Waals surface area contributed by atoms with Crippen molar-refractivity contribution in [3.63, 3.8) is 0 Å². The van der Waals surface area contributed by atoms with Crippen molar-refractivity contribution in [1.29, 1.82) is 0 Å². The fourth-order valence-electron chi connectivity index (χ4n) is 1.99. The molecule has 1 unspecified atom stereocenters. The highest BCUT2D eigenvalue weighted by Gasteiger charge is 2.16. The Labute approximate surface area is 109 Å². The number of thioether (sulfide) groups is 1. The Bertz CT molecular complexity index is 344. The van der Waals surface area contributed by atoms with Crippen molar-refractivity contribution in [3.8, 4) is 5.75 Å². The Kier molecular flexibility index (Phi) is 4.03. The van der Waals surface area contributed by atoms with Crippen molar-refractivity contribution < 1.29 is 4.74 Å². The summed E-state index contributed by atoms with van der Waals surface area (Å²) >= 11 is 1.95. The SMILES string of the molecule is CC(C)(C)c1ccc(OC2CCCCS2)cc1. The molecule has 0 aromatic heterocycles. The first kappa shape index (κ1) is 12.8. The fourth-order valence-corrected chi connectivity index (χ4v) is 3.14. The summed E-state index contributed by atoms with van der Waals surface area (Å²) in [6, 6.07) is 8.58. The minimum Gasteiger partial charge on any atom is -0.480 e. The van der Waals surface area contributed by atoms with Crippen LogP contribution in [0.5, 0.6) is 5.75 Å². The molecule has 1 aliphatic rings. The topological polar surface area (TPSA) is 9.23 Å². The first-order valence-corrected chi connectivity index (χ1v) is 7.49. The number of ether oxygens (including phenoxy) is 1. The van der Waals surface area contributed by atoms with Crippen LogP contribution in [-0.2, 0) is 5.41 Å². The fraction of sp³-hybridized carbons (Fsp3) is 0.600. The van der Waals surface area contributed by atoms with Crippen LogP contribution in [0, 0.1) is 0 Å². The maximum Gasteiger partial charge on any atom is 0.144 e. The molecule has 1 aromatic rings. The summed E-state index contributed by atoms with van der Waals surface area (Å²) in [5, 5.41) is 0. The summed E-state index contributed by atoms with van der Waals surface area (Å²) in [5.41, 5.74) is 1.95. The molecule has 1 fully saturated rings. The second-order valence-electron chi connectivity index (χ2n) is 5.69. The second kappa shape index (κ2) is 5.34. The largest absolute Gasteiger partial charge is 0.480 e. The van der Waals surface area contributed by atoms with E-state index in [-0.39, 0.29) is 5.41 Å². The van der Waals surface area contributed by atoms with Gasteiger partial charge in [0.05, 0.1) is 0 Å². The molecule has 0 N–H and O–H groups in total. The lowest BCUT2D eigenvalue weighted by Gasteiger charge is -2.23. The van der Waals surface area contributed by atoms with Gasteiger partial charge in [-0.2, -0.15) is 0 Å². The van der Waals surface area contributed by atoms with Gasteiger partial charge in [-0.3, -0.25) is 0 Å². The van der Waals surface area contributed by atoms with Gasteiger partial charge in [0.15, 0.2) is 0 Å². The Morgan fingerprint density at radius 3 is 2.35 bits per heavy atom. The van der Waals surface area contributed by atoms with Crippen LogP contribution in [0.3, 0.4) is 0 Å². The Morgan fingerprint density at radius 2 is 1.82 bits per heavy atom. The summed E-state index contributed by atoms with van der Waals surface area (Å²) in [6.07, 6.45) is 3.83. The van der Waals surface area contributed by atoms with Crippen LogP contribution in [0.4, 0.5) is 0 Å². The van der Waals surface area contributed by atoms with E-state index in [9.17, 15) is 0 Å². The molecule has 1 aliphatic heterocycles. The number of benzene rings is 1. The summed E-state index contributed by atoms with van der Waals surface area (Å²) < 4.78 is 5.99. The van der Waals surface area contributed by atoms with E-state index in [0.717, 1.165) is 5.75 Å². The monoisotopic (exact) mass is 250 g/mol. The molecule has 0 spiro atoms. The highest BCUT2D eigenvalue weighted by molar-refractivity contribution is 7.99. The summed E-state index contributed by atoms with van der Waals surface area (Å²) in [7, 11) is 0. The maximum atomic E-state index is 5.99. The van der Waals surface area contributed by atoms with Crippen molar-refractivity contribution >= 4 is 11.8 Å². The molecule has 1 saturated heterocycles. The number of hydrogen-bond acceptors (Lipinski definition) is 2. The van der Waals surface area contributed by atoms with E-state index in [1.807, 2.05) is 11.8 Å². The lowest BCUT2D eigenvalue weighted by molar-refractivity contribution is 0.268. The molecule has 0 amide bonds. The molecule has 17 heavy (non-hydrogen) atoms. The van der Waals surface area contributed by atoms with E-state index in [4.69, 9.17) is 4.74 Å². The highest BCUT2D eigenvalue weighted by atomic mass is 32.2. The Hall–Kier alpha value is -0.630. The first-order chi connectivity index (χ1) is 8.05. The van der Waals surface area contributed by atoms with E-state index in [1.54, 1.807) is 0 Å². The summed E-state index contributed by atoms with van der Waals surface area (Å²) in [4.78, 5) is 0. The van der Waals surface area contributed by atoms with Gasteiger partial charge in [-0.25, -0.2) is 0 Å². The van der Waals surface area contributed by atoms with Gasteiger partial charge in [-0.15, -0.1) is 11.8 Å². The maximum absolute atomic E-state index is 5.99. The summed E-state index contributed by atoms with van der Waals surface area (Å²) in [5.74, 6) is 2.25. The van der Waals surface area contributed by atoms with Crippen LogP contribution in [-0.4, -0.2) is 11.2 Å². The van der Waals surface area contributed by atoms with Crippen LogP contribution < -0.4 is 4.74 Å². The molecule has 2 rings (SSSR count). The smallest absolute Gasteiger partial charge is 0.144 e. The van der Waals surface area contributed by atoms with E-state index in [2.05, 4.69) is 45.0 Å². The van der Waals surface area contributed by atoms with Crippen LogP contribution in [0.2, 0.25) is 0 Å². The zero-order valence-electron chi connectivity index (χ0n) is 11.0. The molecule has 1 aromatic carbocycles.